The number of carbonyl (C=O) groups excluding carboxylic acids is 1. The molecule has 18 heteroatoms. The third-order valence-electron chi connectivity index (χ3n) is 7.47. The van der Waals surface area contributed by atoms with Crippen LogP contribution in [0.1, 0.15) is 50.3 Å². The molecule has 0 aliphatic carbocycles. The third kappa shape index (κ3) is 7.90. The molecule has 0 atom stereocenters. The first-order valence-corrected chi connectivity index (χ1v) is 18.2. The van der Waals surface area contributed by atoms with Crippen molar-refractivity contribution in [2.45, 2.75) is 43.9 Å². The Balaban J connectivity index is 1.42. The fourth-order valence-electron chi connectivity index (χ4n) is 4.97. The van der Waals surface area contributed by atoms with Crippen LogP contribution in [0.5, 0.6) is 0 Å². The fourth-order valence-corrected chi connectivity index (χ4v) is 6.36. The second-order valence-corrected chi connectivity index (χ2v) is 15.4. The van der Waals surface area contributed by atoms with Crippen LogP contribution in [0.2, 0.25) is 5.02 Å². The standard InChI is InChI=1S/C32H31ClN8O7S2/c1-5-40(14-6-13-34)22-11-12-26(25(33)17-22)36-27-28(32(2,3)4)38-41-30(27)37-29(39-41)19-7-9-21(10-8-19)35-31(42)20-15-23(49(43,44)45)18-24(16-20)50(46,47)48/h7-12,15-18H,5-6,14H2,1-4H3,(H,35,42)(H,43,44,45)(H,46,47,48)/b36-27-. The van der Waals surface area contributed by atoms with Gasteiger partial charge in [-0.05, 0) is 67.6 Å². The van der Waals surface area contributed by atoms with Gasteiger partial charge in [-0.15, -0.1) is 9.89 Å². The zero-order valence-corrected chi connectivity index (χ0v) is 29.5. The average molecular weight is 739 g/mol. The van der Waals surface area contributed by atoms with E-state index in [0.29, 0.717) is 64.9 Å². The van der Waals surface area contributed by atoms with E-state index in [2.05, 4.69) is 21.6 Å². The van der Waals surface area contributed by atoms with Crippen molar-refractivity contribution in [3.05, 3.63) is 77.1 Å². The van der Waals surface area contributed by atoms with Gasteiger partial charge in [0, 0.05) is 41.0 Å². The molecule has 0 bridgehead atoms. The van der Waals surface area contributed by atoms with Crippen LogP contribution in [0.15, 0.2) is 80.5 Å². The minimum atomic E-state index is -4.90. The summed E-state index contributed by atoms with van der Waals surface area (Å²) in [7, 11) is -9.80. The van der Waals surface area contributed by atoms with Gasteiger partial charge in [-0.1, -0.05) is 32.4 Å². The predicted molar refractivity (Wildman–Crippen MR) is 188 cm³/mol. The lowest BCUT2D eigenvalue weighted by Crippen LogP contribution is -2.27. The number of nitrogens with zero attached hydrogens (tertiary/aromatic N) is 7. The Morgan fingerprint density at radius 3 is 2.20 bits per heavy atom. The molecule has 4 aromatic rings. The van der Waals surface area contributed by atoms with Crippen LogP contribution in [0.3, 0.4) is 0 Å². The lowest BCUT2D eigenvalue weighted by molar-refractivity contribution is 0.102. The Morgan fingerprint density at radius 1 is 1.02 bits per heavy atom. The number of carbonyl (C=O) groups is 1. The molecule has 0 fully saturated rings. The maximum Gasteiger partial charge on any atom is 0.294 e. The van der Waals surface area contributed by atoms with Crippen molar-refractivity contribution in [3.8, 4) is 17.5 Å². The van der Waals surface area contributed by atoms with Crippen LogP contribution in [0.25, 0.3) is 11.4 Å². The first-order chi connectivity index (χ1) is 23.4. The second kappa shape index (κ2) is 13.7. The number of rotatable bonds is 10. The van der Waals surface area contributed by atoms with Crippen molar-refractivity contribution in [2.24, 2.45) is 15.5 Å². The van der Waals surface area contributed by atoms with Crippen molar-refractivity contribution in [1.82, 2.24) is 14.9 Å². The quantitative estimate of drug-likeness (QED) is 0.173. The molecule has 1 aromatic heterocycles. The molecular weight excluding hydrogens is 708 g/mol. The highest BCUT2D eigenvalue weighted by Crippen LogP contribution is 2.33. The van der Waals surface area contributed by atoms with Crippen molar-refractivity contribution < 1.29 is 30.7 Å². The van der Waals surface area contributed by atoms with Crippen LogP contribution >= 0.6 is 11.6 Å². The van der Waals surface area contributed by atoms with Crippen LogP contribution in [-0.4, -0.2) is 71.2 Å². The Bertz CT molecular complexity index is 2270. The van der Waals surface area contributed by atoms with Gasteiger partial charge in [-0.3, -0.25) is 13.9 Å². The van der Waals surface area contributed by atoms with Gasteiger partial charge in [0.2, 0.25) is 5.82 Å². The van der Waals surface area contributed by atoms with Gasteiger partial charge >= 0.3 is 0 Å². The number of hydrogen-bond acceptors (Lipinski definition) is 11. The van der Waals surface area contributed by atoms with Gasteiger partial charge < -0.3 is 10.2 Å². The van der Waals surface area contributed by atoms with E-state index in [-0.39, 0.29) is 5.69 Å². The Labute approximate surface area is 293 Å². The number of benzene rings is 3. The van der Waals surface area contributed by atoms with Gasteiger partial charge in [0.1, 0.15) is 5.71 Å². The molecule has 1 aliphatic heterocycles. The van der Waals surface area contributed by atoms with Crippen molar-refractivity contribution in [1.29, 1.82) is 5.26 Å². The molecule has 2 heterocycles. The molecule has 3 N–H and O–H groups in total. The minimum absolute atomic E-state index is 0.249. The lowest BCUT2D eigenvalue weighted by Gasteiger charge is -2.22. The Kier molecular flexibility index (Phi) is 9.96. The normalized spacial score (nSPS) is 13.9. The van der Waals surface area contributed by atoms with Crippen molar-refractivity contribution in [3.63, 3.8) is 0 Å². The largest absolute Gasteiger partial charge is 0.371 e. The summed E-state index contributed by atoms with van der Waals surface area (Å²) in [6.45, 7) is 9.24. The molecule has 1 aliphatic rings. The molecule has 0 unspecified atom stereocenters. The number of halogens is 1. The Hall–Kier alpha value is -4.99. The van der Waals surface area contributed by atoms with E-state index in [1.807, 2.05) is 38.7 Å². The van der Waals surface area contributed by atoms with E-state index < -0.39 is 46.9 Å². The molecule has 1 amide bonds. The number of amides is 1. The van der Waals surface area contributed by atoms with Crippen LogP contribution in [-0.2, 0) is 20.2 Å². The number of nitrogens with one attached hydrogen (secondary N) is 1. The summed E-state index contributed by atoms with van der Waals surface area (Å²) in [4.78, 5) is 24.1. The molecule has 50 heavy (non-hydrogen) atoms. The molecule has 15 nitrogen and oxygen atoms in total. The summed E-state index contributed by atoms with van der Waals surface area (Å²) < 4.78 is 65.3. The molecule has 0 saturated heterocycles. The van der Waals surface area contributed by atoms with Crippen LogP contribution < -0.4 is 10.2 Å². The molecule has 5 rings (SSSR count). The van der Waals surface area contributed by atoms with E-state index >= 15 is 0 Å². The van der Waals surface area contributed by atoms with Gasteiger partial charge in [-0.25, -0.2) is 9.98 Å². The Morgan fingerprint density at radius 2 is 1.66 bits per heavy atom. The van der Waals surface area contributed by atoms with Gasteiger partial charge in [0.15, 0.2) is 5.82 Å². The first-order valence-electron chi connectivity index (χ1n) is 15.0. The highest BCUT2D eigenvalue weighted by molar-refractivity contribution is 7.86. The number of fused-ring (bicyclic) bond motifs is 1. The molecule has 0 radical (unpaired) electrons. The zero-order chi connectivity index (χ0) is 36.6. The van der Waals surface area contributed by atoms with E-state index in [9.17, 15) is 30.7 Å². The maximum absolute atomic E-state index is 12.9. The monoisotopic (exact) mass is 738 g/mol. The fraction of sp³-hybridized carbons (Fsp3) is 0.250. The number of aromatic nitrogens is 3. The van der Waals surface area contributed by atoms with Crippen molar-refractivity contribution >= 4 is 66.2 Å². The molecule has 0 saturated carbocycles. The second-order valence-electron chi connectivity index (χ2n) is 12.1. The summed E-state index contributed by atoms with van der Waals surface area (Å²) in [6, 6.07) is 16.0. The van der Waals surface area contributed by atoms with E-state index in [1.54, 1.807) is 24.3 Å². The van der Waals surface area contributed by atoms with Crippen LogP contribution in [0.4, 0.5) is 17.1 Å². The summed E-state index contributed by atoms with van der Waals surface area (Å²) in [6.07, 6.45) is 0.380. The summed E-state index contributed by atoms with van der Waals surface area (Å²) >= 11 is 6.69. The highest BCUT2D eigenvalue weighted by atomic mass is 35.5. The van der Waals surface area contributed by atoms with Gasteiger partial charge in [0.05, 0.1) is 38.7 Å². The smallest absolute Gasteiger partial charge is 0.294 e. The highest BCUT2D eigenvalue weighted by Gasteiger charge is 2.35. The number of nitriles is 1. The summed E-state index contributed by atoms with van der Waals surface area (Å²) in [5.74, 6) is -0.216. The number of anilines is 2. The summed E-state index contributed by atoms with van der Waals surface area (Å²) in [5, 5.41) is 21.1. The minimum Gasteiger partial charge on any atom is -0.371 e. The first kappa shape index (κ1) is 36.3. The average Bonchev–Trinajstić information content (AvgIpc) is 3.61. The van der Waals surface area contributed by atoms with Gasteiger partial charge in [0.25, 0.3) is 26.1 Å². The van der Waals surface area contributed by atoms with E-state index in [0.717, 1.165) is 17.8 Å². The predicted octanol–water partition coefficient (Wildman–Crippen LogP) is 5.47. The topological polar surface area (TPSA) is 220 Å². The molecule has 0 spiro atoms. The van der Waals surface area contributed by atoms with Crippen molar-refractivity contribution in [2.75, 3.05) is 23.3 Å². The lowest BCUT2D eigenvalue weighted by atomic mass is 9.87. The number of hydrogen-bond donors (Lipinski definition) is 3. The maximum atomic E-state index is 12.9. The van der Waals surface area contributed by atoms with E-state index in [1.165, 1.54) is 16.9 Å². The molecular formula is C32H31ClN8O7S2. The summed E-state index contributed by atoms with van der Waals surface area (Å²) in [5.41, 5.74) is 2.44. The van der Waals surface area contributed by atoms with E-state index in [4.69, 9.17) is 26.8 Å². The third-order valence-corrected chi connectivity index (χ3v) is 9.44. The SMILES string of the molecule is CCN(CCC#N)c1ccc(/N=C2/C(C(C)(C)C)=Nn3nc(-c4ccc(NC(=O)c5cc(S(=O)(=O)O)cc(S(=O)(=O)O)c5)cc4)nc32)c(Cl)c1. The van der Waals surface area contributed by atoms with Gasteiger partial charge in [-0.2, -0.15) is 27.2 Å². The molecule has 3 aromatic carbocycles. The zero-order valence-electron chi connectivity index (χ0n) is 27.2. The number of aliphatic imine (C=N–C) groups is 1. The van der Waals surface area contributed by atoms with Crippen LogP contribution in [0, 0.1) is 16.7 Å². The molecule has 260 valence electrons.